The van der Waals surface area contributed by atoms with Gasteiger partial charge in [-0.3, -0.25) is 4.79 Å². The maximum Gasteiger partial charge on any atom is 0.315 e. The minimum absolute atomic E-state index is 0. The lowest BCUT2D eigenvalue weighted by Gasteiger charge is -2.56. The fourth-order valence-corrected chi connectivity index (χ4v) is 6.19. The summed E-state index contributed by atoms with van der Waals surface area (Å²) in [4.78, 5) is 26.6. The maximum absolute atomic E-state index is 12.4. The van der Waals surface area contributed by atoms with E-state index in [2.05, 4.69) is 22.9 Å². The van der Waals surface area contributed by atoms with Gasteiger partial charge in [0.2, 0.25) is 5.91 Å². The molecular formula is C19H33ClN4O2. The lowest BCUT2D eigenvalue weighted by atomic mass is 9.53. The number of carbonyl (C=O) groups is 2. The van der Waals surface area contributed by atoms with Crippen molar-refractivity contribution < 1.29 is 9.59 Å². The Hall–Kier alpha value is -1.01. The van der Waals surface area contributed by atoms with Gasteiger partial charge in [-0.05, 0) is 63.2 Å². The minimum atomic E-state index is -0.0805. The molecule has 0 aromatic carbocycles. The van der Waals surface area contributed by atoms with Crippen LogP contribution in [-0.2, 0) is 4.79 Å². The smallest absolute Gasteiger partial charge is 0.315 e. The van der Waals surface area contributed by atoms with Gasteiger partial charge >= 0.3 is 6.03 Å². The molecule has 148 valence electrons. The zero-order valence-corrected chi connectivity index (χ0v) is 16.6. The van der Waals surface area contributed by atoms with Gasteiger partial charge in [0.05, 0.1) is 0 Å². The molecule has 4 saturated carbocycles. The first-order valence-corrected chi connectivity index (χ1v) is 10.1. The molecule has 3 amide bonds. The average Bonchev–Trinajstić information content (AvgIpc) is 2.53. The second-order valence-corrected chi connectivity index (χ2v) is 8.97. The Kier molecular flexibility index (Phi) is 6.02. The van der Waals surface area contributed by atoms with Crippen molar-refractivity contribution in [2.45, 2.75) is 63.5 Å². The van der Waals surface area contributed by atoms with Crippen LogP contribution in [0.4, 0.5) is 4.79 Å². The van der Waals surface area contributed by atoms with E-state index in [0.717, 1.165) is 56.7 Å². The Labute approximate surface area is 162 Å². The fraction of sp³-hybridized carbons (Fsp3) is 0.895. The molecule has 26 heavy (non-hydrogen) atoms. The number of nitrogens with zero attached hydrogens (tertiary/aromatic N) is 1. The summed E-state index contributed by atoms with van der Waals surface area (Å²) in [6, 6.07) is 0.158. The highest BCUT2D eigenvalue weighted by Gasteiger charge is 2.51. The molecule has 4 bridgehead atoms. The number of amides is 3. The first-order chi connectivity index (χ1) is 12.0. The van der Waals surface area contributed by atoms with E-state index in [1.807, 2.05) is 4.90 Å². The van der Waals surface area contributed by atoms with Crippen molar-refractivity contribution in [3.05, 3.63) is 0 Å². The van der Waals surface area contributed by atoms with Crippen LogP contribution in [0.5, 0.6) is 0 Å². The van der Waals surface area contributed by atoms with Gasteiger partial charge in [-0.1, -0.05) is 0 Å². The molecular weight excluding hydrogens is 352 g/mol. The van der Waals surface area contributed by atoms with E-state index in [9.17, 15) is 9.59 Å². The van der Waals surface area contributed by atoms with Crippen molar-refractivity contribution in [2.75, 3.05) is 26.2 Å². The summed E-state index contributed by atoms with van der Waals surface area (Å²) in [7, 11) is 0. The molecule has 1 heterocycles. The summed E-state index contributed by atoms with van der Waals surface area (Å²) in [6.07, 6.45) is 7.98. The van der Waals surface area contributed by atoms with E-state index in [1.165, 1.54) is 19.3 Å². The van der Waals surface area contributed by atoms with Gasteiger partial charge in [-0.25, -0.2) is 4.79 Å². The average molecular weight is 385 g/mol. The van der Waals surface area contributed by atoms with Crippen LogP contribution in [-0.4, -0.2) is 54.6 Å². The van der Waals surface area contributed by atoms with Crippen molar-refractivity contribution in [3.63, 3.8) is 0 Å². The highest BCUT2D eigenvalue weighted by atomic mass is 35.5. The van der Waals surface area contributed by atoms with Gasteiger partial charge in [0, 0.05) is 44.2 Å². The molecule has 5 aliphatic rings. The minimum Gasteiger partial charge on any atom is -0.338 e. The number of rotatable bonds is 4. The molecule has 5 rings (SSSR count). The molecule has 4 aliphatic carbocycles. The largest absolute Gasteiger partial charge is 0.338 e. The van der Waals surface area contributed by atoms with Gasteiger partial charge in [0.15, 0.2) is 0 Å². The Balaban J connectivity index is 0.00000196. The Morgan fingerprint density at radius 2 is 1.73 bits per heavy atom. The van der Waals surface area contributed by atoms with Crippen molar-refractivity contribution >= 4 is 24.3 Å². The van der Waals surface area contributed by atoms with Crippen LogP contribution in [0.3, 0.4) is 0 Å². The van der Waals surface area contributed by atoms with Crippen LogP contribution < -0.4 is 16.0 Å². The van der Waals surface area contributed by atoms with Crippen molar-refractivity contribution in [3.8, 4) is 0 Å². The first kappa shape index (κ1) is 19.7. The fourth-order valence-electron chi connectivity index (χ4n) is 6.19. The molecule has 0 spiro atoms. The maximum atomic E-state index is 12.4. The number of urea groups is 1. The van der Waals surface area contributed by atoms with Gasteiger partial charge in [0.1, 0.15) is 0 Å². The molecule has 6 nitrogen and oxygen atoms in total. The third-order valence-corrected chi connectivity index (χ3v) is 6.86. The van der Waals surface area contributed by atoms with Crippen LogP contribution in [0.25, 0.3) is 0 Å². The predicted octanol–water partition coefficient (Wildman–Crippen LogP) is 1.89. The summed E-state index contributed by atoms with van der Waals surface area (Å²) in [6.45, 7) is 4.96. The van der Waals surface area contributed by atoms with Crippen molar-refractivity contribution in [1.82, 2.24) is 20.9 Å². The van der Waals surface area contributed by atoms with E-state index in [4.69, 9.17) is 0 Å². The first-order valence-electron chi connectivity index (χ1n) is 10.1. The van der Waals surface area contributed by atoms with Crippen LogP contribution in [0.2, 0.25) is 0 Å². The van der Waals surface area contributed by atoms with Crippen LogP contribution in [0, 0.1) is 17.8 Å². The number of carbonyl (C=O) groups excluding carboxylic acids is 2. The summed E-state index contributed by atoms with van der Waals surface area (Å²) < 4.78 is 0. The lowest BCUT2D eigenvalue weighted by molar-refractivity contribution is -0.133. The molecule has 0 aromatic heterocycles. The van der Waals surface area contributed by atoms with Gasteiger partial charge in [-0.2, -0.15) is 0 Å². The summed E-state index contributed by atoms with van der Waals surface area (Å²) in [5.74, 6) is 2.61. The molecule has 5 fully saturated rings. The second kappa shape index (κ2) is 7.93. The van der Waals surface area contributed by atoms with Crippen LogP contribution in [0.1, 0.15) is 51.9 Å². The normalized spacial score (nSPS) is 37.8. The van der Waals surface area contributed by atoms with Gasteiger partial charge in [-0.15, -0.1) is 12.4 Å². The van der Waals surface area contributed by atoms with Crippen molar-refractivity contribution in [2.24, 2.45) is 17.8 Å². The summed E-state index contributed by atoms with van der Waals surface area (Å²) >= 11 is 0. The van der Waals surface area contributed by atoms with E-state index in [-0.39, 0.29) is 35.9 Å². The predicted molar refractivity (Wildman–Crippen MR) is 103 cm³/mol. The summed E-state index contributed by atoms with van der Waals surface area (Å²) in [5, 5.41) is 9.52. The number of nitrogens with one attached hydrogen (secondary N) is 3. The van der Waals surface area contributed by atoms with Crippen LogP contribution in [0.15, 0.2) is 0 Å². The van der Waals surface area contributed by atoms with E-state index in [1.54, 1.807) is 0 Å². The monoisotopic (exact) mass is 384 g/mol. The van der Waals surface area contributed by atoms with E-state index < -0.39 is 0 Å². The topological polar surface area (TPSA) is 73.5 Å². The SMILES string of the molecule is C[C@H]1CNCCN1C(=O)CCNC(=O)NC12CC3CC(CC(C3)C1)C2.Cl. The van der Waals surface area contributed by atoms with E-state index in [0.29, 0.717) is 13.0 Å². The van der Waals surface area contributed by atoms with Crippen LogP contribution >= 0.6 is 12.4 Å². The number of halogens is 1. The van der Waals surface area contributed by atoms with Gasteiger partial charge < -0.3 is 20.9 Å². The number of piperazine rings is 1. The quantitative estimate of drug-likeness (QED) is 0.693. The molecule has 0 radical (unpaired) electrons. The number of hydrogen-bond donors (Lipinski definition) is 3. The zero-order chi connectivity index (χ0) is 17.4. The second-order valence-electron chi connectivity index (χ2n) is 8.97. The van der Waals surface area contributed by atoms with Crippen molar-refractivity contribution in [1.29, 1.82) is 0 Å². The van der Waals surface area contributed by atoms with Gasteiger partial charge in [0.25, 0.3) is 0 Å². The molecule has 3 N–H and O–H groups in total. The highest BCUT2D eigenvalue weighted by molar-refractivity contribution is 5.85. The molecule has 1 aliphatic heterocycles. The zero-order valence-electron chi connectivity index (χ0n) is 15.8. The Bertz CT molecular complexity index is 506. The third kappa shape index (κ3) is 4.11. The summed E-state index contributed by atoms with van der Waals surface area (Å²) in [5.41, 5.74) is 0.0376. The molecule has 0 aromatic rings. The standard InChI is InChI=1S/C19H32N4O2.ClH/c1-13-12-20-4-5-23(13)17(24)2-3-21-18(25)22-19-9-14-6-15(10-19)8-16(7-14)11-19;/h13-16,20H,2-12H2,1H3,(H2,21,22,25);1H/t13-,14?,15?,16?,19?;/m0./s1. The Morgan fingerprint density at radius 3 is 2.31 bits per heavy atom. The van der Waals surface area contributed by atoms with E-state index >= 15 is 0 Å². The molecule has 1 atom stereocenters. The highest BCUT2D eigenvalue weighted by Crippen LogP contribution is 2.55. The Morgan fingerprint density at radius 1 is 1.12 bits per heavy atom. The molecule has 7 heteroatoms. The third-order valence-electron chi connectivity index (χ3n) is 6.86. The lowest BCUT2D eigenvalue weighted by Crippen LogP contribution is -2.61. The number of hydrogen-bond acceptors (Lipinski definition) is 3. The molecule has 0 unspecified atom stereocenters. The molecule has 1 saturated heterocycles.